The van der Waals surface area contributed by atoms with Gasteiger partial charge < -0.3 is 9.52 Å². The van der Waals surface area contributed by atoms with Gasteiger partial charge >= 0.3 is 0 Å². The lowest BCUT2D eigenvalue weighted by atomic mass is 10.2. The van der Waals surface area contributed by atoms with Crippen LogP contribution in [-0.2, 0) is 23.2 Å². The van der Waals surface area contributed by atoms with E-state index in [-0.39, 0.29) is 29.4 Å². The standard InChI is InChI=1S/C14H16ClNO4S/c1-9-13(8-17)14(10(2)20-9)21(18,19)16-7-11-3-5-12(15)6-4-11/h3-6,16-17H,7-8H2,1-2H3. The molecule has 0 saturated carbocycles. The first-order valence-corrected chi connectivity index (χ1v) is 8.15. The van der Waals surface area contributed by atoms with Crippen molar-refractivity contribution in [3.05, 3.63) is 51.9 Å². The van der Waals surface area contributed by atoms with Gasteiger partial charge in [0.05, 0.1) is 6.61 Å². The summed E-state index contributed by atoms with van der Waals surface area (Å²) in [4.78, 5) is 0.0106. The summed E-state index contributed by atoms with van der Waals surface area (Å²) in [6.45, 7) is 2.92. The van der Waals surface area contributed by atoms with Crippen molar-refractivity contribution in [3.8, 4) is 0 Å². The van der Waals surface area contributed by atoms with Crippen LogP contribution in [0.4, 0.5) is 0 Å². The van der Waals surface area contributed by atoms with Gasteiger partial charge in [-0.2, -0.15) is 0 Å². The maximum absolute atomic E-state index is 12.4. The maximum Gasteiger partial charge on any atom is 0.244 e. The van der Waals surface area contributed by atoms with Gasteiger partial charge in [0, 0.05) is 17.1 Å². The van der Waals surface area contributed by atoms with E-state index in [9.17, 15) is 13.5 Å². The van der Waals surface area contributed by atoms with E-state index in [1.165, 1.54) is 0 Å². The monoisotopic (exact) mass is 329 g/mol. The van der Waals surface area contributed by atoms with Crippen molar-refractivity contribution in [2.45, 2.75) is 31.9 Å². The topological polar surface area (TPSA) is 79.5 Å². The number of halogens is 1. The SMILES string of the molecule is Cc1oc(C)c(S(=O)(=O)NCc2ccc(Cl)cc2)c1CO. The van der Waals surface area contributed by atoms with Gasteiger partial charge in [0.15, 0.2) is 0 Å². The first-order valence-electron chi connectivity index (χ1n) is 6.29. The average Bonchev–Trinajstić information content (AvgIpc) is 2.73. The lowest BCUT2D eigenvalue weighted by Crippen LogP contribution is -2.24. The zero-order chi connectivity index (χ0) is 15.6. The number of aryl methyl sites for hydroxylation is 2. The van der Waals surface area contributed by atoms with Crippen LogP contribution in [0.15, 0.2) is 33.6 Å². The van der Waals surface area contributed by atoms with Crippen LogP contribution in [-0.4, -0.2) is 13.5 Å². The van der Waals surface area contributed by atoms with E-state index in [2.05, 4.69) is 4.72 Å². The van der Waals surface area contributed by atoms with Gasteiger partial charge in [-0.05, 0) is 31.5 Å². The van der Waals surface area contributed by atoms with Gasteiger partial charge in [-0.15, -0.1) is 0 Å². The van der Waals surface area contributed by atoms with Crippen molar-refractivity contribution in [2.24, 2.45) is 0 Å². The molecule has 0 spiro atoms. The highest BCUT2D eigenvalue weighted by Gasteiger charge is 2.26. The van der Waals surface area contributed by atoms with Crippen LogP contribution in [0.2, 0.25) is 5.02 Å². The van der Waals surface area contributed by atoms with Gasteiger partial charge in [0.2, 0.25) is 10.0 Å². The van der Waals surface area contributed by atoms with Crippen molar-refractivity contribution in [2.75, 3.05) is 0 Å². The van der Waals surface area contributed by atoms with Crippen molar-refractivity contribution in [3.63, 3.8) is 0 Å². The fourth-order valence-corrected chi connectivity index (χ4v) is 3.68. The molecular weight excluding hydrogens is 314 g/mol. The summed E-state index contributed by atoms with van der Waals surface area (Å²) in [5.41, 5.74) is 1.07. The fourth-order valence-electron chi connectivity index (χ4n) is 2.10. The molecule has 7 heteroatoms. The molecule has 1 aromatic heterocycles. The second kappa shape index (κ2) is 6.19. The van der Waals surface area contributed by atoms with Crippen molar-refractivity contribution in [1.82, 2.24) is 4.72 Å². The number of benzene rings is 1. The molecule has 21 heavy (non-hydrogen) atoms. The number of hydrogen-bond donors (Lipinski definition) is 2. The normalized spacial score (nSPS) is 11.8. The minimum Gasteiger partial charge on any atom is -0.465 e. The number of sulfonamides is 1. The highest BCUT2D eigenvalue weighted by molar-refractivity contribution is 7.89. The molecule has 0 radical (unpaired) electrons. The summed E-state index contributed by atoms with van der Waals surface area (Å²) < 4.78 is 32.5. The zero-order valence-corrected chi connectivity index (χ0v) is 13.3. The molecule has 114 valence electrons. The van der Waals surface area contributed by atoms with Crippen LogP contribution in [0.1, 0.15) is 22.6 Å². The molecule has 2 aromatic rings. The number of rotatable bonds is 5. The van der Waals surface area contributed by atoms with E-state index in [0.29, 0.717) is 10.8 Å². The van der Waals surface area contributed by atoms with Crippen molar-refractivity contribution in [1.29, 1.82) is 0 Å². The summed E-state index contributed by atoms with van der Waals surface area (Å²) in [7, 11) is -3.76. The molecule has 0 aliphatic rings. The number of aliphatic hydroxyl groups excluding tert-OH is 1. The van der Waals surface area contributed by atoms with Gasteiger partial charge in [0.1, 0.15) is 16.4 Å². The molecule has 0 atom stereocenters. The van der Waals surface area contributed by atoms with E-state index in [1.54, 1.807) is 38.1 Å². The molecule has 2 N–H and O–H groups in total. The molecule has 0 bridgehead atoms. The molecule has 1 heterocycles. The molecule has 0 aliphatic carbocycles. The highest BCUT2D eigenvalue weighted by atomic mass is 35.5. The average molecular weight is 330 g/mol. The lowest BCUT2D eigenvalue weighted by Gasteiger charge is -2.08. The molecule has 2 rings (SSSR count). The Kier molecular flexibility index (Phi) is 4.73. The minimum absolute atomic E-state index is 0.0106. The van der Waals surface area contributed by atoms with Crippen LogP contribution in [0, 0.1) is 13.8 Å². The first kappa shape index (κ1) is 16.0. The zero-order valence-electron chi connectivity index (χ0n) is 11.7. The van der Waals surface area contributed by atoms with Crippen LogP contribution in [0.5, 0.6) is 0 Å². The van der Waals surface area contributed by atoms with E-state index in [4.69, 9.17) is 16.0 Å². The number of hydrogen-bond acceptors (Lipinski definition) is 4. The predicted molar refractivity (Wildman–Crippen MR) is 79.6 cm³/mol. The van der Waals surface area contributed by atoms with Crippen LogP contribution in [0.25, 0.3) is 0 Å². The van der Waals surface area contributed by atoms with Gasteiger partial charge in [-0.25, -0.2) is 13.1 Å². The van der Waals surface area contributed by atoms with Crippen molar-refractivity contribution >= 4 is 21.6 Å². The first-order chi connectivity index (χ1) is 9.85. The second-order valence-corrected chi connectivity index (χ2v) is 6.77. The summed E-state index contributed by atoms with van der Waals surface area (Å²) in [6, 6.07) is 6.87. The van der Waals surface area contributed by atoms with Gasteiger partial charge in [0.25, 0.3) is 0 Å². The van der Waals surface area contributed by atoms with E-state index < -0.39 is 10.0 Å². The third-order valence-electron chi connectivity index (χ3n) is 3.13. The Bertz CT molecular complexity index is 735. The Morgan fingerprint density at radius 3 is 2.38 bits per heavy atom. The number of nitrogens with one attached hydrogen (secondary N) is 1. The van der Waals surface area contributed by atoms with E-state index in [0.717, 1.165) is 5.56 Å². The molecular formula is C14H16ClNO4S. The Morgan fingerprint density at radius 1 is 1.19 bits per heavy atom. The van der Waals surface area contributed by atoms with Crippen LogP contribution < -0.4 is 4.72 Å². The molecule has 0 aliphatic heterocycles. The molecule has 0 amide bonds. The summed E-state index contributed by atoms with van der Waals surface area (Å²) in [5, 5.41) is 9.91. The largest absolute Gasteiger partial charge is 0.465 e. The van der Waals surface area contributed by atoms with Gasteiger partial charge in [-0.1, -0.05) is 23.7 Å². The van der Waals surface area contributed by atoms with Crippen LogP contribution in [0.3, 0.4) is 0 Å². The fraction of sp³-hybridized carbons (Fsp3) is 0.286. The lowest BCUT2D eigenvalue weighted by molar-refractivity contribution is 0.276. The van der Waals surface area contributed by atoms with Gasteiger partial charge in [-0.3, -0.25) is 0 Å². The Labute approximate surface area is 128 Å². The Hall–Kier alpha value is -1.34. The second-order valence-electron chi connectivity index (χ2n) is 4.63. The molecule has 0 saturated heterocycles. The third kappa shape index (κ3) is 3.47. The predicted octanol–water partition coefficient (Wildman–Crippen LogP) is 2.52. The maximum atomic E-state index is 12.4. The summed E-state index contributed by atoms with van der Waals surface area (Å²) >= 11 is 5.78. The van der Waals surface area contributed by atoms with Crippen molar-refractivity contribution < 1.29 is 17.9 Å². The molecule has 0 unspecified atom stereocenters. The minimum atomic E-state index is -3.76. The number of aliphatic hydroxyl groups is 1. The van der Waals surface area contributed by atoms with E-state index >= 15 is 0 Å². The summed E-state index contributed by atoms with van der Waals surface area (Å²) in [6.07, 6.45) is 0. The van der Waals surface area contributed by atoms with E-state index in [1.807, 2.05) is 0 Å². The summed E-state index contributed by atoms with van der Waals surface area (Å²) in [5.74, 6) is 0.669. The Balaban J connectivity index is 2.25. The third-order valence-corrected chi connectivity index (χ3v) is 4.98. The van der Waals surface area contributed by atoms with Crippen LogP contribution >= 0.6 is 11.6 Å². The molecule has 0 fully saturated rings. The quantitative estimate of drug-likeness (QED) is 0.883. The highest BCUT2D eigenvalue weighted by Crippen LogP contribution is 2.26. The molecule has 1 aromatic carbocycles. The molecule has 5 nitrogen and oxygen atoms in total. The number of furan rings is 1. The smallest absolute Gasteiger partial charge is 0.244 e. The Morgan fingerprint density at radius 2 is 1.81 bits per heavy atom.